The van der Waals surface area contributed by atoms with Crippen LogP contribution in [0.4, 0.5) is 5.69 Å². The van der Waals surface area contributed by atoms with Crippen LogP contribution in [0.15, 0.2) is 24.3 Å². The van der Waals surface area contributed by atoms with Gasteiger partial charge < -0.3 is 10.4 Å². The number of carboxylic acids is 1. The number of halogens is 1. The Balaban J connectivity index is 0.00000420. The largest absolute Gasteiger partial charge is 0.480 e. The molecule has 0 aromatic heterocycles. The maximum absolute atomic E-state index is 12.7. The third kappa shape index (κ3) is 7.28. The lowest BCUT2D eigenvalue weighted by Crippen LogP contribution is -2.51. The van der Waals surface area contributed by atoms with E-state index < -0.39 is 5.97 Å². The number of benzene rings is 1. The van der Waals surface area contributed by atoms with Crippen LogP contribution in [-0.4, -0.2) is 65.0 Å². The quantitative estimate of drug-likeness (QED) is 0.698. The first kappa shape index (κ1) is 25.4. The number of nitrogens with zero attached hydrogens (tertiary/aromatic N) is 2. The number of amides is 1. The summed E-state index contributed by atoms with van der Waals surface area (Å²) in [6.45, 7) is 12.9. The molecule has 1 aromatic carbocycles. The lowest BCUT2D eigenvalue weighted by atomic mass is 9.87. The fourth-order valence-electron chi connectivity index (χ4n) is 3.78. The van der Waals surface area contributed by atoms with Crippen LogP contribution in [0.5, 0.6) is 0 Å². The Bertz CT molecular complexity index is 665. The second kappa shape index (κ2) is 11.0. The molecule has 1 heterocycles. The van der Waals surface area contributed by atoms with Crippen LogP contribution in [0.1, 0.15) is 53.0 Å². The highest BCUT2D eigenvalue weighted by atomic mass is 35.5. The van der Waals surface area contributed by atoms with Crippen molar-refractivity contribution in [3.8, 4) is 0 Å². The molecule has 0 bridgehead atoms. The van der Waals surface area contributed by atoms with E-state index >= 15 is 0 Å². The van der Waals surface area contributed by atoms with Gasteiger partial charge in [-0.25, -0.2) is 0 Å². The van der Waals surface area contributed by atoms with Crippen LogP contribution < -0.4 is 5.32 Å². The smallest absolute Gasteiger partial charge is 0.317 e. The summed E-state index contributed by atoms with van der Waals surface area (Å²) in [5.41, 5.74) is 2.15. The first-order valence-corrected chi connectivity index (χ1v) is 10.2. The minimum absolute atomic E-state index is 0. The molecule has 0 radical (unpaired) electrons. The average Bonchev–Trinajstić information content (AvgIpc) is 2.65. The number of anilines is 1. The second-order valence-corrected chi connectivity index (χ2v) is 8.72. The van der Waals surface area contributed by atoms with Crippen LogP contribution in [0, 0.1) is 0 Å². The minimum Gasteiger partial charge on any atom is -0.480 e. The minimum atomic E-state index is -0.783. The van der Waals surface area contributed by atoms with Gasteiger partial charge in [0.1, 0.15) is 0 Å². The van der Waals surface area contributed by atoms with Crippen molar-refractivity contribution in [2.75, 3.05) is 31.5 Å². The fourth-order valence-corrected chi connectivity index (χ4v) is 3.78. The molecule has 1 fully saturated rings. The van der Waals surface area contributed by atoms with Crippen molar-refractivity contribution in [2.24, 2.45) is 0 Å². The molecule has 164 valence electrons. The van der Waals surface area contributed by atoms with Crippen LogP contribution in [0.3, 0.4) is 0 Å². The van der Waals surface area contributed by atoms with Crippen molar-refractivity contribution >= 4 is 30.0 Å². The lowest BCUT2D eigenvalue weighted by Gasteiger charge is -2.39. The van der Waals surface area contributed by atoms with E-state index in [-0.39, 0.29) is 42.4 Å². The number of nitrogens with one attached hydrogen (secondary N) is 1. The predicted octanol–water partition coefficient (Wildman–Crippen LogP) is 3.60. The summed E-state index contributed by atoms with van der Waals surface area (Å²) in [6.07, 6.45) is 1.78. The van der Waals surface area contributed by atoms with Gasteiger partial charge in [0.25, 0.3) is 0 Å². The molecule has 1 aliphatic heterocycles. The predicted molar refractivity (Wildman–Crippen MR) is 120 cm³/mol. The van der Waals surface area contributed by atoms with E-state index in [0.29, 0.717) is 0 Å². The van der Waals surface area contributed by atoms with Gasteiger partial charge in [0.2, 0.25) is 5.91 Å². The number of likely N-dealkylation sites (N-methyl/N-ethyl adjacent to an activating group) is 1. The molecule has 1 aliphatic rings. The van der Waals surface area contributed by atoms with Gasteiger partial charge in [0.05, 0.1) is 12.6 Å². The van der Waals surface area contributed by atoms with Gasteiger partial charge in [0.15, 0.2) is 0 Å². The van der Waals surface area contributed by atoms with Gasteiger partial charge >= 0.3 is 5.97 Å². The number of carbonyl (C=O) groups is 2. The summed E-state index contributed by atoms with van der Waals surface area (Å²) < 4.78 is 0. The molecule has 1 amide bonds. The monoisotopic (exact) mass is 425 g/mol. The van der Waals surface area contributed by atoms with Crippen molar-refractivity contribution in [1.29, 1.82) is 0 Å². The third-order valence-corrected chi connectivity index (χ3v) is 5.71. The molecule has 2 rings (SSSR count). The van der Waals surface area contributed by atoms with Crippen LogP contribution >= 0.6 is 12.4 Å². The fraction of sp³-hybridized carbons (Fsp3) is 0.636. The summed E-state index contributed by atoms with van der Waals surface area (Å²) >= 11 is 0. The Morgan fingerprint density at radius 3 is 2.21 bits per heavy atom. The van der Waals surface area contributed by atoms with Crippen molar-refractivity contribution in [3.05, 3.63) is 29.8 Å². The SMILES string of the molecule is CCN(CC(=O)O)C1CCN(C(C)C(=O)Nc2ccc(C(C)(C)C)cc2)CC1.Cl. The Kier molecular flexibility index (Phi) is 9.59. The Morgan fingerprint density at radius 1 is 1.21 bits per heavy atom. The summed E-state index contributed by atoms with van der Waals surface area (Å²) in [6, 6.07) is 8.11. The molecule has 1 saturated heterocycles. The van der Waals surface area contributed by atoms with Crippen LogP contribution in [-0.2, 0) is 15.0 Å². The normalized spacial score (nSPS) is 16.9. The number of carboxylic acid groups (broad SMARTS) is 1. The van der Waals surface area contributed by atoms with Crippen molar-refractivity contribution in [3.63, 3.8) is 0 Å². The van der Waals surface area contributed by atoms with Gasteiger partial charge in [-0.05, 0) is 49.4 Å². The summed E-state index contributed by atoms with van der Waals surface area (Å²) in [5, 5.41) is 12.1. The molecule has 1 unspecified atom stereocenters. The summed E-state index contributed by atoms with van der Waals surface area (Å²) in [4.78, 5) is 27.9. The van der Waals surface area contributed by atoms with E-state index in [0.717, 1.165) is 38.2 Å². The van der Waals surface area contributed by atoms with E-state index in [9.17, 15) is 9.59 Å². The van der Waals surface area contributed by atoms with Crippen molar-refractivity contribution in [2.45, 2.75) is 65.0 Å². The number of piperidine rings is 1. The molecular formula is C22H36ClN3O3. The van der Waals surface area contributed by atoms with Gasteiger partial charge in [-0.15, -0.1) is 12.4 Å². The number of aliphatic carboxylic acids is 1. The zero-order valence-electron chi connectivity index (χ0n) is 18.3. The third-order valence-electron chi connectivity index (χ3n) is 5.71. The second-order valence-electron chi connectivity index (χ2n) is 8.72. The first-order valence-electron chi connectivity index (χ1n) is 10.2. The maximum atomic E-state index is 12.7. The van der Waals surface area contributed by atoms with Crippen LogP contribution in [0.2, 0.25) is 0 Å². The maximum Gasteiger partial charge on any atom is 0.317 e. The molecule has 1 atom stereocenters. The standard InChI is InChI=1S/C22H35N3O3.ClH/c1-6-24(15-20(26)27)19-11-13-25(14-12-19)16(2)21(28)23-18-9-7-17(8-10-18)22(3,4)5;/h7-10,16,19H,6,11-15H2,1-5H3,(H,23,28)(H,26,27);1H. The number of hydrogen-bond donors (Lipinski definition) is 2. The van der Waals surface area contributed by atoms with Crippen LogP contribution in [0.25, 0.3) is 0 Å². The number of rotatable bonds is 7. The molecule has 2 N–H and O–H groups in total. The molecule has 1 aromatic rings. The summed E-state index contributed by atoms with van der Waals surface area (Å²) in [7, 11) is 0. The Morgan fingerprint density at radius 2 is 1.76 bits per heavy atom. The zero-order chi connectivity index (χ0) is 20.9. The molecule has 6 nitrogen and oxygen atoms in total. The van der Waals surface area contributed by atoms with Gasteiger partial charge in [-0.1, -0.05) is 39.8 Å². The van der Waals surface area contributed by atoms with Gasteiger partial charge in [0, 0.05) is 24.8 Å². The number of hydrogen-bond acceptors (Lipinski definition) is 4. The zero-order valence-corrected chi connectivity index (χ0v) is 19.1. The molecule has 29 heavy (non-hydrogen) atoms. The van der Waals surface area contributed by atoms with E-state index in [1.165, 1.54) is 5.56 Å². The highest BCUT2D eigenvalue weighted by molar-refractivity contribution is 5.94. The average molecular weight is 426 g/mol. The van der Waals surface area contributed by atoms with E-state index in [2.05, 4.69) is 43.1 Å². The first-order chi connectivity index (χ1) is 13.1. The highest BCUT2D eigenvalue weighted by Crippen LogP contribution is 2.24. The van der Waals surface area contributed by atoms with Gasteiger partial charge in [-0.2, -0.15) is 0 Å². The summed E-state index contributed by atoms with van der Waals surface area (Å²) in [5.74, 6) is -0.783. The topological polar surface area (TPSA) is 72.9 Å². The van der Waals surface area contributed by atoms with Gasteiger partial charge in [-0.3, -0.25) is 19.4 Å². The Hall–Kier alpha value is -1.63. The van der Waals surface area contributed by atoms with E-state index in [1.54, 1.807) is 0 Å². The van der Waals surface area contributed by atoms with E-state index in [1.807, 2.05) is 30.9 Å². The number of likely N-dealkylation sites (tertiary alicyclic amines) is 1. The molecule has 0 aliphatic carbocycles. The van der Waals surface area contributed by atoms with Crippen molar-refractivity contribution in [1.82, 2.24) is 9.80 Å². The molecule has 0 spiro atoms. The lowest BCUT2D eigenvalue weighted by molar-refractivity contribution is -0.139. The number of carbonyl (C=O) groups excluding carboxylic acids is 1. The Labute approximate surface area is 181 Å². The molecular weight excluding hydrogens is 390 g/mol. The molecule has 0 saturated carbocycles. The van der Waals surface area contributed by atoms with E-state index in [4.69, 9.17) is 5.11 Å². The van der Waals surface area contributed by atoms with Crippen molar-refractivity contribution < 1.29 is 14.7 Å². The molecule has 7 heteroatoms. The highest BCUT2D eigenvalue weighted by Gasteiger charge is 2.29.